The SMILES string of the molecule is Bc1ncc2ncccc2n1. The van der Waals surface area contributed by atoms with E-state index in [-0.39, 0.29) is 0 Å². The van der Waals surface area contributed by atoms with E-state index in [1.54, 1.807) is 12.4 Å². The van der Waals surface area contributed by atoms with Gasteiger partial charge in [-0.05, 0) is 12.1 Å². The van der Waals surface area contributed by atoms with Crippen LogP contribution in [0.1, 0.15) is 0 Å². The Kier molecular flexibility index (Phi) is 1.32. The van der Waals surface area contributed by atoms with Crippen molar-refractivity contribution >= 4 is 24.6 Å². The maximum Gasteiger partial charge on any atom is 0.189 e. The fourth-order valence-electron chi connectivity index (χ4n) is 0.961. The predicted octanol–water partition coefficient (Wildman–Crippen LogP) is -0.717. The van der Waals surface area contributed by atoms with Crippen LogP contribution in [-0.2, 0) is 0 Å². The van der Waals surface area contributed by atoms with E-state index in [9.17, 15) is 0 Å². The van der Waals surface area contributed by atoms with E-state index in [4.69, 9.17) is 0 Å². The van der Waals surface area contributed by atoms with Gasteiger partial charge in [-0.15, -0.1) is 0 Å². The molecule has 3 nitrogen and oxygen atoms in total. The molecule has 0 fully saturated rings. The van der Waals surface area contributed by atoms with Gasteiger partial charge in [0.2, 0.25) is 0 Å². The first-order valence-electron chi connectivity index (χ1n) is 3.40. The summed E-state index contributed by atoms with van der Waals surface area (Å²) >= 11 is 0. The predicted molar refractivity (Wildman–Crippen MR) is 45.5 cm³/mol. The molecule has 2 aromatic heterocycles. The second-order valence-corrected chi connectivity index (χ2v) is 2.32. The zero-order valence-electron chi connectivity index (χ0n) is 6.15. The summed E-state index contributed by atoms with van der Waals surface area (Å²) in [6, 6.07) is 3.80. The molecule has 52 valence electrons. The normalized spacial score (nSPS) is 10.2. The average Bonchev–Trinajstić information content (AvgIpc) is 2.04. The van der Waals surface area contributed by atoms with Gasteiger partial charge in [-0.25, -0.2) is 4.98 Å². The zero-order chi connectivity index (χ0) is 7.68. The van der Waals surface area contributed by atoms with E-state index in [2.05, 4.69) is 15.0 Å². The van der Waals surface area contributed by atoms with Crippen molar-refractivity contribution in [3.05, 3.63) is 24.5 Å². The summed E-state index contributed by atoms with van der Waals surface area (Å²) in [4.78, 5) is 12.3. The molecule has 0 N–H and O–H groups in total. The minimum absolute atomic E-state index is 0.783. The van der Waals surface area contributed by atoms with Gasteiger partial charge in [0.15, 0.2) is 7.85 Å². The van der Waals surface area contributed by atoms with E-state index >= 15 is 0 Å². The maximum absolute atomic E-state index is 4.20. The Balaban J connectivity index is 2.83. The molecule has 2 heterocycles. The zero-order valence-corrected chi connectivity index (χ0v) is 6.15. The largest absolute Gasteiger partial charge is 0.253 e. The Morgan fingerprint density at radius 3 is 3.00 bits per heavy atom. The fraction of sp³-hybridized carbons (Fsp3) is 0. The third-order valence-corrected chi connectivity index (χ3v) is 1.47. The van der Waals surface area contributed by atoms with Gasteiger partial charge in [0, 0.05) is 6.20 Å². The lowest BCUT2D eigenvalue weighted by Crippen LogP contribution is -2.12. The van der Waals surface area contributed by atoms with Crippen LogP contribution in [0, 0.1) is 0 Å². The Labute approximate surface area is 64.9 Å². The van der Waals surface area contributed by atoms with Crippen LogP contribution in [0.2, 0.25) is 0 Å². The topological polar surface area (TPSA) is 38.7 Å². The molecular formula is C7H6BN3. The molecule has 0 aliphatic rings. The van der Waals surface area contributed by atoms with Crippen molar-refractivity contribution in [3.63, 3.8) is 0 Å². The summed E-state index contributed by atoms with van der Waals surface area (Å²) in [5.74, 6) is 0. The number of aromatic nitrogens is 3. The molecule has 0 aliphatic heterocycles. The monoisotopic (exact) mass is 143 g/mol. The fourth-order valence-corrected chi connectivity index (χ4v) is 0.961. The van der Waals surface area contributed by atoms with Crippen LogP contribution in [0.4, 0.5) is 0 Å². The summed E-state index contributed by atoms with van der Waals surface area (Å²) in [6.07, 6.45) is 3.47. The Morgan fingerprint density at radius 2 is 2.09 bits per heavy atom. The van der Waals surface area contributed by atoms with Crippen molar-refractivity contribution in [2.45, 2.75) is 0 Å². The molecule has 0 radical (unpaired) electrons. The second-order valence-electron chi connectivity index (χ2n) is 2.32. The van der Waals surface area contributed by atoms with E-state index in [0.717, 1.165) is 16.8 Å². The van der Waals surface area contributed by atoms with E-state index in [1.165, 1.54) is 0 Å². The number of hydrogen-bond acceptors (Lipinski definition) is 3. The van der Waals surface area contributed by atoms with Crippen LogP contribution in [0.25, 0.3) is 11.0 Å². The highest BCUT2D eigenvalue weighted by Crippen LogP contribution is 2.01. The van der Waals surface area contributed by atoms with Crippen molar-refractivity contribution in [1.29, 1.82) is 0 Å². The molecule has 0 unspecified atom stereocenters. The average molecular weight is 143 g/mol. The van der Waals surface area contributed by atoms with Gasteiger partial charge in [0.1, 0.15) is 5.52 Å². The van der Waals surface area contributed by atoms with Crippen molar-refractivity contribution in [2.24, 2.45) is 0 Å². The number of fused-ring (bicyclic) bond motifs is 1. The molecule has 2 aromatic rings. The molecular weight excluding hydrogens is 137 g/mol. The highest BCUT2D eigenvalue weighted by molar-refractivity contribution is 6.29. The minimum atomic E-state index is 0.783. The lowest BCUT2D eigenvalue weighted by molar-refractivity contribution is 1.26. The molecule has 0 saturated heterocycles. The summed E-state index contributed by atoms with van der Waals surface area (Å²) in [5.41, 5.74) is 2.53. The first-order chi connectivity index (χ1) is 5.36. The molecule has 0 saturated carbocycles. The third kappa shape index (κ3) is 1.07. The number of nitrogens with zero attached hydrogens (tertiary/aromatic N) is 3. The van der Waals surface area contributed by atoms with Gasteiger partial charge >= 0.3 is 0 Å². The molecule has 0 spiro atoms. The van der Waals surface area contributed by atoms with Gasteiger partial charge < -0.3 is 0 Å². The Hall–Kier alpha value is -1.45. The molecule has 0 bridgehead atoms. The lowest BCUT2D eigenvalue weighted by Gasteiger charge is -1.94. The van der Waals surface area contributed by atoms with Crippen LogP contribution in [0.15, 0.2) is 24.5 Å². The van der Waals surface area contributed by atoms with Crippen LogP contribution in [-0.4, -0.2) is 22.8 Å². The number of rotatable bonds is 0. The number of pyridine rings is 1. The highest BCUT2D eigenvalue weighted by atomic mass is 14.9. The van der Waals surface area contributed by atoms with Crippen molar-refractivity contribution in [1.82, 2.24) is 15.0 Å². The van der Waals surface area contributed by atoms with Crippen molar-refractivity contribution < 1.29 is 0 Å². The minimum Gasteiger partial charge on any atom is -0.253 e. The maximum atomic E-state index is 4.20. The molecule has 2 rings (SSSR count). The van der Waals surface area contributed by atoms with Crippen molar-refractivity contribution in [3.8, 4) is 0 Å². The van der Waals surface area contributed by atoms with Gasteiger partial charge in [0.05, 0.1) is 17.4 Å². The summed E-state index contributed by atoms with van der Waals surface area (Å²) in [5, 5.41) is 0. The van der Waals surface area contributed by atoms with Crippen molar-refractivity contribution in [2.75, 3.05) is 0 Å². The Bertz CT molecular complexity index is 388. The molecule has 0 amide bonds. The highest BCUT2D eigenvalue weighted by Gasteiger charge is 1.93. The van der Waals surface area contributed by atoms with Gasteiger partial charge in [-0.1, -0.05) is 0 Å². The molecule has 0 aromatic carbocycles. The van der Waals surface area contributed by atoms with Gasteiger partial charge in [-0.3, -0.25) is 9.97 Å². The first-order valence-corrected chi connectivity index (χ1v) is 3.40. The summed E-state index contributed by atoms with van der Waals surface area (Å²) < 4.78 is 0. The first kappa shape index (κ1) is 6.28. The van der Waals surface area contributed by atoms with Crippen LogP contribution >= 0.6 is 0 Å². The third-order valence-electron chi connectivity index (χ3n) is 1.47. The van der Waals surface area contributed by atoms with Crippen LogP contribution in [0.5, 0.6) is 0 Å². The number of hydrogen-bond donors (Lipinski definition) is 0. The van der Waals surface area contributed by atoms with Crippen LogP contribution < -0.4 is 5.72 Å². The summed E-state index contributed by atoms with van der Waals surface area (Å²) in [7, 11) is 1.87. The van der Waals surface area contributed by atoms with Gasteiger partial charge in [0.25, 0.3) is 0 Å². The Morgan fingerprint density at radius 1 is 1.18 bits per heavy atom. The lowest BCUT2D eigenvalue weighted by atomic mass is 10.1. The quantitative estimate of drug-likeness (QED) is 0.457. The second kappa shape index (κ2) is 2.30. The van der Waals surface area contributed by atoms with E-state index in [0.29, 0.717) is 0 Å². The summed E-state index contributed by atoms with van der Waals surface area (Å²) in [6.45, 7) is 0. The molecule has 4 heteroatoms. The van der Waals surface area contributed by atoms with Gasteiger partial charge in [-0.2, -0.15) is 0 Å². The van der Waals surface area contributed by atoms with Crippen LogP contribution in [0.3, 0.4) is 0 Å². The molecule has 11 heavy (non-hydrogen) atoms. The molecule has 0 atom stereocenters. The smallest absolute Gasteiger partial charge is 0.189 e. The van der Waals surface area contributed by atoms with E-state index < -0.39 is 0 Å². The standard InChI is InChI=1S/C7H6BN3/c8-7-10-4-6-5(11-7)2-1-3-9-6/h1-4H,8H2. The van der Waals surface area contributed by atoms with E-state index in [1.807, 2.05) is 20.0 Å². The molecule has 0 aliphatic carbocycles.